The van der Waals surface area contributed by atoms with Crippen LogP contribution in [-0.2, 0) is 0 Å². The second kappa shape index (κ2) is 15.1. The zero-order valence-electron chi connectivity index (χ0n) is 33.0. The van der Waals surface area contributed by atoms with Crippen molar-refractivity contribution in [1.82, 2.24) is 4.57 Å². The maximum atomic E-state index is 2.40. The molecule has 0 aliphatic rings. The third-order valence-corrected chi connectivity index (χ3v) is 11.8. The van der Waals surface area contributed by atoms with Crippen molar-refractivity contribution >= 4 is 49.6 Å². The highest BCUT2D eigenvalue weighted by atomic mass is 15.1. The Kier molecular flexibility index (Phi) is 8.87. The standard InChI is InChI=1S/C58H40N2/c1-3-12-41(13-4-1)43-22-31-50(32-23-43)59(52-35-28-46(29-36-52)49-18-11-17-48(40-49)42-14-5-2-6-15-42)51-33-24-44(25-34-51)45-26-37-53(38-27-45)60-56-21-10-9-20-55(56)58-54-19-8-7-16-47(54)30-39-57(58)60/h1-40H. The number of hydrogen-bond donors (Lipinski definition) is 0. The molecule has 0 bridgehead atoms. The molecular weight excluding hydrogens is 725 g/mol. The fourth-order valence-corrected chi connectivity index (χ4v) is 8.82. The molecule has 0 N–H and O–H groups in total. The van der Waals surface area contributed by atoms with Gasteiger partial charge in [0.25, 0.3) is 0 Å². The second-order valence-electron chi connectivity index (χ2n) is 15.4. The lowest BCUT2D eigenvalue weighted by molar-refractivity contribution is 1.18. The number of anilines is 3. The molecule has 1 aromatic heterocycles. The van der Waals surface area contributed by atoms with E-state index in [1.54, 1.807) is 0 Å². The molecule has 11 aromatic rings. The van der Waals surface area contributed by atoms with E-state index in [4.69, 9.17) is 0 Å². The Morgan fingerprint density at radius 3 is 1.25 bits per heavy atom. The van der Waals surface area contributed by atoms with E-state index in [0.717, 1.165) is 22.7 Å². The first-order valence-corrected chi connectivity index (χ1v) is 20.6. The molecule has 0 fully saturated rings. The smallest absolute Gasteiger partial charge is 0.0547 e. The lowest BCUT2D eigenvalue weighted by atomic mass is 9.99. The first-order chi connectivity index (χ1) is 29.7. The van der Waals surface area contributed by atoms with E-state index < -0.39 is 0 Å². The van der Waals surface area contributed by atoms with Crippen molar-refractivity contribution in [1.29, 1.82) is 0 Å². The summed E-state index contributed by atoms with van der Waals surface area (Å²) in [5.74, 6) is 0. The molecule has 1 heterocycles. The fourth-order valence-electron chi connectivity index (χ4n) is 8.82. The number of para-hydroxylation sites is 1. The van der Waals surface area contributed by atoms with Crippen LogP contribution in [0.15, 0.2) is 243 Å². The summed E-state index contributed by atoms with van der Waals surface area (Å²) in [6, 6.07) is 87.7. The third-order valence-electron chi connectivity index (χ3n) is 11.8. The predicted octanol–water partition coefficient (Wildman–Crippen LogP) is 16.1. The molecule has 10 aromatic carbocycles. The lowest BCUT2D eigenvalue weighted by Crippen LogP contribution is -2.09. The van der Waals surface area contributed by atoms with E-state index in [0.29, 0.717) is 0 Å². The summed E-state index contributed by atoms with van der Waals surface area (Å²) < 4.78 is 2.40. The minimum absolute atomic E-state index is 1.10. The van der Waals surface area contributed by atoms with Crippen LogP contribution < -0.4 is 4.90 Å². The Labute approximate surface area is 350 Å². The normalized spacial score (nSPS) is 11.3. The average Bonchev–Trinajstić information content (AvgIpc) is 3.68. The average molecular weight is 765 g/mol. The first kappa shape index (κ1) is 35.2. The molecule has 2 heteroatoms. The molecule has 0 amide bonds. The van der Waals surface area contributed by atoms with Gasteiger partial charge in [-0.25, -0.2) is 0 Å². The van der Waals surface area contributed by atoms with Gasteiger partial charge in [-0.15, -0.1) is 0 Å². The van der Waals surface area contributed by atoms with Crippen molar-refractivity contribution in [3.8, 4) is 50.2 Å². The van der Waals surface area contributed by atoms with E-state index in [1.165, 1.54) is 77.1 Å². The van der Waals surface area contributed by atoms with E-state index >= 15 is 0 Å². The Balaban J connectivity index is 0.930. The Bertz CT molecular complexity index is 3250. The van der Waals surface area contributed by atoms with Crippen LogP contribution in [0.3, 0.4) is 0 Å². The summed E-state index contributed by atoms with van der Waals surface area (Å²) in [7, 11) is 0. The maximum absolute atomic E-state index is 2.40. The van der Waals surface area contributed by atoms with Crippen LogP contribution in [0, 0.1) is 0 Å². The lowest BCUT2D eigenvalue weighted by Gasteiger charge is -2.26. The van der Waals surface area contributed by atoms with Crippen molar-refractivity contribution in [3.05, 3.63) is 243 Å². The third kappa shape index (κ3) is 6.41. The molecule has 0 unspecified atom stereocenters. The van der Waals surface area contributed by atoms with Crippen LogP contribution in [0.1, 0.15) is 0 Å². The summed E-state index contributed by atoms with van der Waals surface area (Å²) in [5.41, 5.74) is 16.5. The van der Waals surface area contributed by atoms with Gasteiger partial charge in [0.05, 0.1) is 11.0 Å². The summed E-state index contributed by atoms with van der Waals surface area (Å²) in [6.07, 6.45) is 0. The van der Waals surface area contributed by atoms with Gasteiger partial charge in [-0.1, -0.05) is 176 Å². The van der Waals surface area contributed by atoms with Gasteiger partial charge in [0.2, 0.25) is 0 Å². The number of aromatic nitrogens is 1. The van der Waals surface area contributed by atoms with E-state index in [-0.39, 0.29) is 0 Å². The van der Waals surface area contributed by atoms with Crippen molar-refractivity contribution in [2.24, 2.45) is 0 Å². The topological polar surface area (TPSA) is 8.17 Å². The zero-order valence-corrected chi connectivity index (χ0v) is 33.0. The maximum Gasteiger partial charge on any atom is 0.0547 e. The quantitative estimate of drug-likeness (QED) is 0.150. The number of nitrogens with zero attached hydrogens (tertiary/aromatic N) is 2. The van der Waals surface area contributed by atoms with E-state index in [1.807, 2.05) is 0 Å². The molecule has 2 nitrogen and oxygen atoms in total. The highest BCUT2D eigenvalue weighted by molar-refractivity contribution is 6.21. The van der Waals surface area contributed by atoms with Crippen molar-refractivity contribution < 1.29 is 0 Å². The Morgan fingerprint density at radius 1 is 0.267 bits per heavy atom. The Morgan fingerprint density at radius 2 is 0.683 bits per heavy atom. The van der Waals surface area contributed by atoms with Crippen LogP contribution >= 0.6 is 0 Å². The molecule has 60 heavy (non-hydrogen) atoms. The fraction of sp³-hybridized carbons (Fsp3) is 0. The number of hydrogen-bond acceptors (Lipinski definition) is 1. The number of rotatable bonds is 8. The molecule has 0 saturated carbocycles. The summed E-state index contributed by atoms with van der Waals surface area (Å²) in [5, 5.41) is 5.12. The summed E-state index contributed by atoms with van der Waals surface area (Å²) in [6.45, 7) is 0. The van der Waals surface area contributed by atoms with Crippen LogP contribution in [0.5, 0.6) is 0 Å². The molecular formula is C58H40N2. The largest absolute Gasteiger partial charge is 0.311 e. The summed E-state index contributed by atoms with van der Waals surface area (Å²) in [4.78, 5) is 2.35. The molecule has 0 aliphatic carbocycles. The van der Waals surface area contributed by atoms with Crippen LogP contribution in [0.2, 0.25) is 0 Å². The number of fused-ring (bicyclic) bond motifs is 5. The van der Waals surface area contributed by atoms with Gasteiger partial charge in [-0.2, -0.15) is 0 Å². The highest BCUT2D eigenvalue weighted by Crippen LogP contribution is 2.40. The van der Waals surface area contributed by atoms with Crippen LogP contribution in [-0.4, -0.2) is 4.57 Å². The minimum atomic E-state index is 1.10. The van der Waals surface area contributed by atoms with Gasteiger partial charge < -0.3 is 9.47 Å². The molecule has 0 atom stereocenters. The number of benzene rings is 10. The zero-order chi connectivity index (χ0) is 39.8. The molecule has 0 spiro atoms. The first-order valence-electron chi connectivity index (χ1n) is 20.6. The van der Waals surface area contributed by atoms with Gasteiger partial charge in [0.1, 0.15) is 0 Å². The molecule has 11 rings (SSSR count). The van der Waals surface area contributed by atoms with Gasteiger partial charge in [0, 0.05) is 33.5 Å². The Hall–Kier alpha value is -7.94. The minimum Gasteiger partial charge on any atom is -0.311 e. The van der Waals surface area contributed by atoms with Gasteiger partial charge in [-0.05, 0) is 122 Å². The van der Waals surface area contributed by atoms with Crippen LogP contribution in [0.4, 0.5) is 17.1 Å². The van der Waals surface area contributed by atoms with Gasteiger partial charge >= 0.3 is 0 Å². The van der Waals surface area contributed by atoms with E-state index in [9.17, 15) is 0 Å². The van der Waals surface area contributed by atoms with E-state index in [2.05, 4.69) is 252 Å². The molecule has 0 saturated heterocycles. The van der Waals surface area contributed by atoms with Crippen molar-refractivity contribution in [2.45, 2.75) is 0 Å². The molecule has 282 valence electrons. The monoisotopic (exact) mass is 764 g/mol. The highest BCUT2D eigenvalue weighted by Gasteiger charge is 2.16. The second-order valence-corrected chi connectivity index (χ2v) is 15.4. The SMILES string of the molecule is c1ccc(-c2ccc(N(c3ccc(-c4ccc(-n5c6ccccc6c6c7ccccc7ccc65)cc4)cc3)c3ccc(-c4cccc(-c5ccccc5)c4)cc3)cc2)cc1. The van der Waals surface area contributed by atoms with Crippen molar-refractivity contribution in [2.75, 3.05) is 4.90 Å². The summed E-state index contributed by atoms with van der Waals surface area (Å²) >= 11 is 0. The van der Waals surface area contributed by atoms with Crippen LogP contribution in [0.25, 0.3) is 82.8 Å². The predicted molar refractivity (Wildman–Crippen MR) is 255 cm³/mol. The molecule has 0 radical (unpaired) electrons. The molecule has 0 aliphatic heterocycles. The van der Waals surface area contributed by atoms with Gasteiger partial charge in [-0.3, -0.25) is 0 Å². The van der Waals surface area contributed by atoms with Gasteiger partial charge in [0.15, 0.2) is 0 Å². The van der Waals surface area contributed by atoms with Crippen molar-refractivity contribution in [3.63, 3.8) is 0 Å².